The van der Waals surface area contributed by atoms with Crippen LogP contribution in [0.1, 0.15) is 44.1 Å². The largest absolute Gasteiger partial charge is 0.326 e. The Bertz CT molecular complexity index is 545. The van der Waals surface area contributed by atoms with Gasteiger partial charge >= 0.3 is 0 Å². The minimum Gasteiger partial charge on any atom is -0.326 e. The second-order valence-corrected chi connectivity index (χ2v) is 5.86. The number of rotatable bonds is 3. The van der Waals surface area contributed by atoms with E-state index in [-0.39, 0.29) is 11.4 Å². The number of halogens is 1. The van der Waals surface area contributed by atoms with Gasteiger partial charge in [-0.1, -0.05) is 30.9 Å². The zero-order valence-electron chi connectivity index (χ0n) is 11.3. The Kier molecular flexibility index (Phi) is 4.64. The van der Waals surface area contributed by atoms with Crippen molar-refractivity contribution in [3.8, 4) is 6.07 Å². The zero-order chi connectivity index (χ0) is 14.6. The molecule has 0 aromatic heterocycles. The van der Waals surface area contributed by atoms with Gasteiger partial charge in [-0.25, -0.2) is 0 Å². The Balaban J connectivity index is 1.98. The van der Waals surface area contributed by atoms with Crippen LogP contribution in [0.2, 0.25) is 5.02 Å². The first-order chi connectivity index (χ1) is 9.52. The van der Waals surface area contributed by atoms with E-state index in [1.165, 1.54) is 6.42 Å². The number of benzene rings is 1. The van der Waals surface area contributed by atoms with Crippen LogP contribution in [0.4, 0.5) is 5.69 Å². The SMILES string of the molecule is N#Cc1ccc(NC(=O)CC2(N)CCCCC2)cc1Cl. The molecule has 2 rings (SSSR count). The molecule has 1 aromatic carbocycles. The topological polar surface area (TPSA) is 78.9 Å². The fourth-order valence-electron chi connectivity index (χ4n) is 2.64. The molecular formula is C15H18ClN3O. The predicted octanol–water partition coefficient (Wildman–Crippen LogP) is 3.20. The van der Waals surface area contributed by atoms with Crippen LogP contribution in [-0.4, -0.2) is 11.4 Å². The van der Waals surface area contributed by atoms with Crippen molar-refractivity contribution >= 4 is 23.2 Å². The molecule has 0 spiro atoms. The zero-order valence-corrected chi connectivity index (χ0v) is 12.0. The van der Waals surface area contributed by atoms with Crippen molar-refractivity contribution < 1.29 is 4.79 Å². The molecule has 0 bridgehead atoms. The first kappa shape index (κ1) is 14.8. The summed E-state index contributed by atoms with van der Waals surface area (Å²) in [4.78, 5) is 12.1. The Morgan fingerprint density at radius 3 is 2.70 bits per heavy atom. The maximum atomic E-state index is 12.1. The normalized spacial score (nSPS) is 17.2. The average molecular weight is 292 g/mol. The van der Waals surface area contributed by atoms with Crippen molar-refractivity contribution in [2.24, 2.45) is 5.73 Å². The van der Waals surface area contributed by atoms with E-state index in [1.807, 2.05) is 6.07 Å². The van der Waals surface area contributed by atoms with Crippen LogP contribution < -0.4 is 11.1 Å². The Hall–Kier alpha value is -1.57. The molecule has 1 aliphatic rings. The highest BCUT2D eigenvalue weighted by atomic mass is 35.5. The molecule has 4 nitrogen and oxygen atoms in total. The standard InChI is InChI=1S/C15H18ClN3O/c16-13-8-12(5-4-11(13)10-17)19-14(20)9-15(18)6-2-1-3-7-15/h4-5,8H,1-3,6-7,9,18H2,(H,19,20). The summed E-state index contributed by atoms with van der Waals surface area (Å²) in [6, 6.07) is 6.84. The lowest BCUT2D eigenvalue weighted by Gasteiger charge is -2.32. The van der Waals surface area contributed by atoms with Gasteiger partial charge in [-0.05, 0) is 31.0 Å². The van der Waals surface area contributed by atoms with Crippen LogP contribution in [0.3, 0.4) is 0 Å². The number of carbonyl (C=O) groups excluding carboxylic acids is 1. The van der Waals surface area contributed by atoms with Gasteiger partial charge in [0.05, 0.1) is 10.6 Å². The smallest absolute Gasteiger partial charge is 0.226 e. The van der Waals surface area contributed by atoms with Gasteiger partial charge in [0, 0.05) is 17.6 Å². The number of hydrogen-bond donors (Lipinski definition) is 2. The third-order valence-corrected chi connectivity index (χ3v) is 4.05. The lowest BCUT2D eigenvalue weighted by atomic mass is 9.80. The molecule has 1 aromatic rings. The van der Waals surface area contributed by atoms with E-state index in [0.29, 0.717) is 22.7 Å². The highest BCUT2D eigenvalue weighted by Crippen LogP contribution is 2.29. The third-order valence-electron chi connectivity index (χ3n) is 3.74. The third kappa shape index (κ3) is 3.72. The Morgan fingerprint density at radius 1 is 1.40 bits per heavy atom. The Morgan fingerprint density at radius 2 is 2.10 bits per heavy atom. The van der Waals surface area contributed by atoms with Crippen molar-refractivity contribution in [1.82, 2.24) is 0 Å². The first-order valence-corrected chi connectivity index (χ1v) is 7.19. The summed E-state index contributed by atoms with van der Waals surface area (Å²) in [5.74, 6) is -0.102. The number of nitrogens with two attached hydrogens (primary N) is 1. The lowest BCUT2D eigenvalue weighted by Crippen LogP contribution is -2.44. The molecular weight excluding hydrogens is 274 g/mol. The van der Waals surface area contributed by atoms with Gasteiger partial charge in [-0.15, -0.1) is 0 Å². The first-order valence-electron chi connectivity index (χ1n) is 6.81. The molecule has 1 amide bonds. The van der Waals surface area contributed by atoms with Gasteiger partial charge in [-0.2, -0.15) is 5.26 Å². The van der Waals surface area contributed by atoms with E-state index in [9.17, 15) is 4.79 Å². The molecule has 3 N–H and O–H groups in total. The molecule has 0 heterocycles. The maximum Gasteiger partial charge on any atom is 0.226 e. The molecule has 1 saturated carbocycles. The molecule has 1 fully saturated rings. The number of carbonyl (C=O) groups is 1. The monoisotopic (exact) mass is 291 g/mol. The lowest BCUT2D eigenvalue weighted by molar-refractivity contribution is -0.117. The molecule has 106 valence electrons. The van der Waals surface area contributed by atoms with E-state index in [1.54, 1.807) is 18.2 Å². The van der Waals surface area contributed by atoms with E-state index in [4.69, 9.17) is 22.6 Å². The highest BCUT2D eigenvalue weighted by Gasteiger charge is 2.29. The molecule has 0 aliphatic heterocycles. The quantitative estimate of drug-likeness (QED) is 0.897. The molecule has 1 aliphatic carbocycles. The van der Waals surface area contributed by atoms with E-state index in [0.717, 1.165) is 25.7 Å². The summed E-state index contributed by atoms with van der Waals surface area (Å²) in [6.07, 6.45) is 5.50. The van der Waals surface area contributed by atoms with Crippen molar-refractivity contribution in [3.05, 3.63) is 28.8 Å². The summed E-state index contributed by atoms with van der Waals surface area (Å²) in [5.41, 5.74) is 6.87. The predicted molar refractivity (Wildman–Crippen MR) is 79.4 cm³/mol. The number of nitrogens with one attached hydrogen (secondary N) is 1. The number of amides is 1. The summed E-state index contributed by atoms with van der Waals surface area (Å²) >= 11 is 5.93. The summed E-state index contributed by atoms with van der Waals surface area (Å²) < 4.78 is 0. The minimum absolute atomic E-state index is 0.102. The minimum atomic E-state index is -0.376. The molecule has 0 unspecified atom stereocenters. The van der Waals surface area contributed by atoms with Crippen LogP contribution in [0, 0.1) is 11.3 Å². The number of hydrogen-bond acceptors (Lipinski definition) is 3. The average Bonchev–Trinajstić information content (AvgIpc) is 2.39. The fourth-order valence-corrected chi connectivity index (χ4v) is 2.86. The van der Waals surface area contributed by atoms with Gasteiger partial charge in [0.15, 0.2) is 0 Å². The molecule has 20 heavy (non-hydrogen) atoms. The van der Waals surface area contributed by atoms with E-state index in [2.05, 4.69) is 5.32 Å². The van der Waals surface area contributed by atoms with E-state index >= 15 is 0 Å². The summed E-state index contributed by atoms with van der Waals surface area (Å²) in [5, 5.41) is 11.9. The van der Waals surface area contributed by atoms with Crippen LogP contribution in [0.25, 0.3) is 0 Å². The van der Waals surface area contributed by atoms with Crippen molar-refractivity contribution in [2.45, 2.75) is 44.1 Å². The number of nitrogens with zero attached hydrogens (tertiary/aromatic N) is 1. The van der Waals surface area contributed by atoms with Crippen LogP contribution >= 0.6 is 11.6 Å². The fraction of sp³-hybridized carbons (Fsp3) is 0.467. The van der Waals surface area contributed by atoms with Gasteiger partial charge in [0.2, 0.25) is 5.91 Å². The van der Waals surface area contributed by atoms with Crippen molar-refractivity contribution in [3.63, 3.8) is 0 Å². The maximum absolute atomic E-state index is 12.1. The van der Waals surface area contributed by atoms with Crippen LogP contribution in [-0.2, 0) is 4.79 Å². The summed E-state index contributed by atoms with van der Waals surface area (Å²) in [7, 11) is 0. The van der Waals surface area contributed by atoms with Gasteiger partial charge in [0.1, 0.15) is 6.07 Å². The molecule has 5 heteroatoms. The Labute approximate surface area is 123 Å². The second-order valence-electron chi connectivity index (χ2n) is 5.45. The van der Waals surface area contributed by atoms with Crippen LogP contribution in [0.15, 0.2) is 18.2 Å². The highest BCUT2D eigenvalue weighted by molar-refractivity contribution is 6.32. The van der Waals surface area contributed by atoms with Crippen molar-refractivity contribution in [1.29, 1.82) is 5.26 Å². The number of anilines is 1. The summed E-state index contributed by atoms with van der Waals surface area (Å²) in [6.45, 7) is 0. The van der Waals surface area contributed by atoms with Gasteiger partial charge in [0.25, 0.3) is 0 Å². The van der Waals surface area contributed by atoms with E-state index < -0.39 is 0 Å². The van der Waals surface area contributed by atoms with Crippen LogP contribution in [0.5, 0.6) is 0 Å². The molecule has 0 radical (unpaired) electrons. The molecule has 0 saturated heterocycles. The molecule has 0 atom stereocenters. The van der Waals surface area contributed by atoms with Gasteiger partial charge in [-0.3, -0.25) is 4.79 Å². The second kappa shape index (κ2) is 6.25. The van der Waals surface area contributed by atoms with Crippen molar-refractivity contribution in [2.75, 3.05) is 5.32 Å². The van der Waals surface area contributed by atoms with Gasteiger partial charge < -0.3 is 11.1 Å². The number of nitriles is 1.